The number of rotatable bonds is 6. The fourth-order valence-corrected chi connectivity index (χ4v) is 7.57. The van der Waals surface area contributed by atoms with Gasteiger partial charge in [-0.1, -0.05) is 35.9 Å². The van der Waals surface area contributed by atoms with Crippen LogP contribution in [0.1, 0.15) is 36.2 Å². The highest BCUT2D eigenvalue weighted by Gasteiger charge is 2.30. The summed E-state index contributed by atoms with van der Waals surface area (Å²) in [7, 11) is -3.32. The van der Waals surface area contributed by atoms with Crippen LogP contribution in [-0.4, -0.2) is 72.4 Å². The molecular weight excluding hydrogens is 564 g/mol. The number of para-hydroxylation sites is 1. The molecule has 6 rings (SSSR count). The van der Waals surface area contributed by atoms with Crippen LogP contribution in [0.5, 0.6) is 0 Å². The van der Waals surface area contributed by atoms with Crippen LogP contribution >= 0.6 is 22.9 Å². The molecule has 0 aliphatic carbocycles. The summed E-state index contributed by atoms with van der Waals surface area (Å²) >= 11 is 8.10. The first kappa shape index (κ1) is 27.2. The van der Waals surface area contributed by atoms with Gasteiger partial charge in [-0.05, 0) is 86.8 Å². The van der Waals surface area contributed by atoms with E-state index in [1.165, 1.54) is 43.5 Å². The summed E-state index contributed by atoms with van der Waals surface area (Å²) in [5, 5.41) is 5.31. The molecule has 10 heteroatoms. The Kier molecular flexibility index (Phi) is 7.56. The second-order valence-corrected chi connectivity index (χ2v) is 14.0. The van der Waals surface area contributed by atoms with E-state index in [0.29, 0.717) is 22.4 Å². The van der Waals surface area contributed by atoms with E-state index >= 15 is 0 Å². The Morgan fingerprint density at radius 2 is 1.65 bits per heavy atom. The lowest BCUT2D eigenvalue weighted by Gasteiger charge is -2.36. The molecule has 0 spiro atoms. The van der Waals surface area contributed by atoms with Crippen LogP contribution in [0.2, 0.25) is 5.02 Å². The lowest BCUT2D eigenvalue weighted by atomic mass is 10.0. The highest BCUT2D eigenvalue weighted by atomic mass is 35.5. The van der Waals surface area contributed by atoms with Crippen LogP contribution in [-0.2, 0) is 9.84 Å². The minimum atomic E-state index is -3.32. The summed E-state index contributed by atoms with van der Waals surface area (Å²) in [4.78, 5) is 20.2. The molecule has 2 aromatic heterocycles. The summed E-state index contributed by atoms with van der Waals surface area (Å²) < 4.78 is 25.9. The Hall–Kier alpha value is -2.98. The predicted octanol–water partition coefficient (Wildman–Crippen LogP) is 6.03. The van der Waals surface area contributed by atoms with Gasteiger partial charge in [0.1, 0.15) is 0 Å². The predicted molar refractivity (Wildman–Crippen MR) is 160 cm³/mol. The minimum Gasteiger partial charge on any atom is -0.337 e. The van der Waals surface area contributed by atoms with Crippen LogP contribution in [0.25, 0.3) is 26.7 Å². The molecule has 2 fully saturated rings. The lowest BCUT2D eigenvalue weighted by molar-refractivity contribution is 0.0638. The second kappa shape index (κ2) is 11.1. The number of halogens is 1. The number of hydrogen-bond acceptors (Lipinski definition) is 6. The summed E-state index contributed by atoms with van der Waals surface area (Å²) in [6.07, 6.45) is 5.74. The van der Waals surface area contributed by atoms with Crippen molar-refractivity contribution in [1.82, 2.24) is 19.6 Å². The smallest absolute Gasteiger partial charge is 0.274 e. The van der Waals surface area contributed by atoms with E-state index < -0.39 is 9.84 Å². The van der Waals surface area contributed by atoms with Gasteiger partial charge in [0, 0.05) is 30.3 Å². The van der Waals surface area contributed by atoms with Gasteiger partial charge >= 0.3 is 0 Å². The zero-order chi connectivity index (χ0) is 27.9. The van der Waals surface area contributed by atoms with Crippen molar-refractivity contribution in [3.8, 4) is 26.7 Å². The largest absolute Gasteiger partial charge is 0.337 e. The van der Waals surface area contributed by atoms with Crippen LogP contribution in [0.4, 0.5) is 0 Å². The Bertz CT molecular complexity index is 1650. The molecule has 0 N–H and O–H groups in total. The Morgan fingerprint density at radius 3 is 2.38 bits per heavy atom. The third-order valence-electron chi connectivity index (χ3n) is 7.82. The first-order valence-corrected chi connectivity index (χ1v) is 16.7. The van der Waals surface area contributed by atoms with E-state index in [-0.39, 0.29) is 10.8 Å². The SMILES string of the molecule is CS(=O)(=O)c1cccc(-c2ccc(-c3cc(C(=O)N4CCC(N5CCCC5)CC4)nn3-c3ccccc3Cl)s2)c1. The van der Waals surface area contributed by atoms with E-state index in [0.717, 1.165) is 46.9 Å². The Labute approximate surface area is 243 Å². The van der Waals surface area contributed by atoms with Crippen molar-refractivity contribution < 1.29 is 13.2 Å². The van der Waals surface area contributed by atoms with Gasteiger partial charge in [0.25, 0.3) is 5.91 Å². The van der Waals surface area contributed by atoms with Gasteiger partial charge < -0.3 is 9.80 Å². The van der Waals surface area contributed by atoms with Crippen molar-refractivity contribution in [2.45, 2.75) is 36.6 Å². The fraction of sp³-hybridized carbons (Fsp3) is 0.333. The summed E-state index contributed by atoms with van der Waals surface area (Å²) in [5.74, 6) is -0.0652. The number of nitrogens with zero attached hydrogens (tertiary/aromatic N) is 4. The van der Waals surface area contributed by atoms with Crippen molar-refractivity contribution in [2.24, 2.45) is 0 Å². The van der Waals surface area contributed by atoms with Crippen LogP contribution < -0.4 is 0 Å². The number of thiophene rings is 1. The maximum atomic E-state index is 13.6. The van der Waals surface area contributed by atoms with E-state index in [2.05, 4.69) is 4.90 Å². The van der Waals surface area contributed by atoms with E-state index in [1.54, 1.807) is 22.9 Å². The molecule has 7 nitrogen and oxygen atoms in total. The minimum absolute atomic E-state index is 0.0652. The molecule has 1 amide bonds. The Morgan fingerprint density at radius 1 is 0.925 bits per heavy atom. The monoisotopic (exact) mass is 594 g/mol. The number of carbonyl (C=O) groups excluding carboxylic acids is 1. The molecule has 4 aromatic rings. The number of aromatic nitrogens is 2. The van der Waals surface area contributed by atoms with E-state index in [1.807, 2.05) is 53.4 Å². The first-order chi connectivity index (χ1) is 19.3. The number of likely N-dealkylation sites (tertiary alicyclic amines) is 2. The second-order valence-electron chi connectivity index (χ2n) is 10.5. The van der Waals surface area contributed by atoms with Crippen LogP contribution in [0.15, 0.2) is 71.6 Å². The molecule has 2 aliphatic heterocycles. The quantitative estimate of drug-likeness (QED) is 0.273. The molecule has 4 heterocycles. The standard InChI is InChI=1S/C30H31ClN4O3S2/c1-40(37,38)23-8-6-7-21(19-23)28-11-12-29(39-28)27-20-25(32-35(27)26-10-3-2-9-24(26)31)30(36)34-17-13-22(14-18-34)33-15-4-5-16-33/h2-3,6-12,19-20,22H,4-5,13-18H2,1H3. The van der Waals surface area contributed by atoms with E-state index in [4.69, 9.17) is 16.7 Å². The van der Waals surface area contributed by atoms with Gasteiger partial charge in [0.2, 0.25) is 0 Å². The molecule has 2 saturated heterocycles. The van der Waals surface area contributed by atoms with Gasteiger partial charge in [-0.15, -0.1) is 11.3 Å². The summed E-state index contributed by atoms with van der Waals surface area (Å²) in [6.45, 7) is 3.80. The van der Waals surface area contributed by atoms with Crippen molar-refractivity contribution in [3.05, 3.63) is 77.4 Å². The zero-order valence-corrected chi connectivity index (χ0v) is 24.7. The molecule has 0 bridgehead atoms. The third-order valence-corrected chi connectivity index (χ3v) is 10.4. The molecule has 40 heavy (non-hydrogen) atoms. The third kappa shape index (κ3) is 5.48. The van der Waals surface area contributed by atoms with Gasteiger partial charge in [-0.25, -0.2) is 13.1 Å². The molecular formula is C30H31ClN4O3S2. The molecule has 208 valence electrons. The van der Waals surface area contributed by atoms with Gasteiger partial charge in [0.15, 0.2) is 15.5 Å². The highest BCUT2D eigenvalue weighted by molar-refractivity contribution is 7.90. The van der Waals surface area contributed by atoms with Crippen LogP contribution in [0, 0.1) is 0 Å². The molecule has 2 aliphatic rings. The van der Waals surface area contributed by atoms with Crippen LogP contribution in [0.3, 0.4) is 0 Å². The van der Waals surface area contributed by atoms with Crippen molar-refractivity contribution in [1.29, 1.82) is 0 Å². The van der Waals surface area contributed by atoms with Gasteiger partial charge in [-0.3, -0.25) is 4.79 Å². The lowest BCUT2D eigenvalue weighted by Crippen LogP contribution is -2.46. The number of carbonyl (C=O) groups is 1. The number of sulfone groups is 1. The van der Waals surface area contributed by atoms with Crippen molar-refractivity contribution >= 4 is 38.7 Å². The summed E-state index contributed by atoms with van der Waals surface area (Å²) in [5.41, 5.74) is 2.67. The normalized spacial score (nSPS) is 17.0. The maximum Gasteiger partial charge on any atom is 0.274 e. The molecule has 0 atom stereocenters. The summed E-state index contributed by atoms with van der Waals surface area (Å²) in [6, 6.07) is 20.8. The number of hydrogen-bond donors (Lipinski definition) is 0. The average Bonchev–Trinajstić information content (AvgIpc) is 3.74. The topological polar surface area (TPSA) is 75.5 Å². The molecule has 0 unspecified atom stereocenters. The number of benzene rings is 2. The maximum absolute atomic E-state index is 13.6. The average molecular weight is 595 g/mol. The Balaban J connectivity index is 1.32. The highest BCUT2D eigenvalue weighted by Crippen LogP contribution is 2.37. The first-order valence-electron chi connectivity index (χ1n) is 13.6. The fourth-order valence-electron chi connectivity index (χ4n) is 5.68. The number of piperidine rings is 1. The molecule has 2 aromatic carbocycles. The van der Waals surface area contributed by atoms with Gasteiger partial charge in [0.05, 0.1) is 26.2 Å². The van der Waals surface area contributed by atoms with E-state index in [9.17, 15) is 13.2 Å². The number of amides is 1. The molecule has 0 radical (unpaired) electrons. The molecule has 0 saturated carbocycles. The van der Waals surface area contributed by atoms with Crippen molar-refractivity contribution in [3.63, 3.8) is 0 Å². The van der Waals surface area contributed by atoms with Gasteiger partial charge in [-0.2, -0.15) is 5.10 Å². The zero-order valence-electron chi connectivity index (χ0n) is 22.3. The van der Waals surface area contributed by atoms with Crippen molar-refractivity contribution in [2.75, 3.05) is 32.4 Å².